The van der Waals surface area contributed by atoms with Gasteiger partial charge in [-0.2, -0.15) is 0 Å². The van der Waals surface area contributed by atoms with Gasteiger partial charge in [-0.15, -0.1) is 0 Å². The highest BCUT2D eigenvalue weighted by Crippen LogP contribution is 2.38. The van der Waals surface area contributed by atoms with Crippen LogP contribution in [0.3, 0.4) is 0 Å². The maximum Gasteiger partial charge on any atom is 0.336 e. The zero-order valence-electron chi connectivity index (χ0n) is 22.7. The summed E-state index contributed by atoms with van der Waals surface area (Å²) in [5, 5.41) is 3.26. The third kappa shape index (κ3) is 6.26. The number of hydrogen-bond acceptors (Lipinski definition) is 5. The van der Waals surface area contributed by atoms with E-state index < -0.39 is 0 Å². The predicted molar refractivity (Wildman–Crippen MR) is 136 cm³/mol. The molecule has 192 valence electrons. The highest BCUT2D eigenvalue weighted by Gasteiger charge is 2.37. The average Bonchev–Trinajstić information content (AvgIpc) is 2.73. The highest BCUT2D eigenvalue weighted by molar-refractivity contribution is 5.96. The number of dihydropyridines is 1. The number of ether oxygens (including phenoxy) is 2. The van der Waals surface area contributed by atoms with Crippen LogP contribution in [0, 0.1) is 35.5 Å². The average molecular weight is 474 g/mol. The Morgan fingerprint density at radius 1 is 0.735 bits per heavy atom. The molecule has 0 unspecified atom stereocenters. The molecule has 5 nitrogen and oxygen atoms in total. The number of allylic oxidation sites excluding steroid dienone is 2. The van der Waals surface area contributed by atoms with Crippen molar-refractivity contribution in [2.45, 2.75) is 113 Å². The van der Waals surface area contributed by atoms with Gasteiger partial charge in [0.05, 0.1) is 11.1 Å². The Morgan fingerprint density at radius 3 is 1.47 bits per heavy atom. The first kappa shape index (κ1) is 26.8. The van der Waals surface area contributed by atoms with Crippen molar-refractivity contribution in [1.82, 2.24) is 5.32 Å². The summed E-state index contributed by atoms with van der Waals surface area (Å²) >= 11 is 0. The van der Waals surface area contributed by atoms with E-state index in [2.05, 4.69) is 46.9 Å². The molecule has 6 atom stereocenters. The second-order valence-corrected chi connectivity index (χ2v) is 12.0. The van der Waals surface area contributed by atoms with Crippen molar-refractivity contribution in [1.29, 1.82) is 0 Å². The van der Waals surface area contributed by atoms with Crippen LogP contribution in [-0.2, 0) is 19.1 Å². The Balaban J connectivity index is 1.70. The van der Waals surface area contributed by atoms with Crippen LogP contribution in [0.25, 0.3) is 0 Å². The van der Waals surface area contributed by atoms with Gasteiger partial charge in [-0.3, -0.25) is 0 Å². The molecule has 0 spiro atoms. The van der Waals surface area contributed by atoms with Gasteiger partial charge >= 0.3 is 11.9 Å². The van der Waals surface area contributed by atoms with Crippen molar-refractivity contribution in [3.8, 4) is 0 Å². The molecule has 1 heterocycles. The molecule has 0 aromatic rings. The summed E-state index contributed by atoms with van der Waals surface area (Å²) in [7, 11) is 0. The molecule has 1 aliphatic heterocycles. The number of carbonyl (C=O) groups excluding carboxylic acids is 2. The van der Waals surface area contributed by atoms with E-state index in [-0.39, 0.29) is 30.6 Å². The van der Waals surface area contributed by atoms with E-state index in [4.69, 9.17) is 9.47 Å². The normalized spacial score (nSPS) is 32.6. The summed E-state index contributed by atoms with van der Waals surface area (Å²) in [5.41, 5.74) is 2.65. The van der Waals surface area contributed by atoms with E-state index in [1.807, 2.05) is 13.8 Å². The zero-order valence-corrected chi connectivity index (χ0v) is 22.7. The van der Waals surface area contributed by atoms with E-state index in [0.717, 1.165) is 37.1 Å². The molecule has 0 aromatic carbocycles. The van der Waals surface area contributed by atoms with E-state index in [0.29, 0.717) is 46.7 Å². The maximum atomic E-state index is 13.3. The summed E-state index contributed by atoms with van der Waals surface area (Å²) in [4.78, 5) is 26.6. The fourth-order valence-electron chi connectivity index (χ4n) is 6.24. The Morgan fingerprint density at radius 2 is 1.12 bits per heavy atom. The van der Waals surface area contributed by atoms with Crippen molar-refractivity contribution in [3.05, 3.63) is 22.5 Å². The third-order valence-electron chi connectivity index (χ3n) is 8.57. The smallest absolute Gasteiger partial charge is 0.336 e. The standard InChI is InChI=1S/C29H47NO4/c1-16(2)22-11-9-18(5)13-26(22)33-28(31)24-15-25(21(8)30-20(24)7)29(32)34-27-14-19(6)10-12-23(27)17(3)4/h16-19,22-23,26-27,30H,9-15H2,1-8H3/t18-,19-,22-,23+,26-,27-/m1/s1. The monoisotopic (exact) mass is 473 g/mol. The Labute approximate surface area is 207 Å². The molecule has 0 aromatic heterocycles. The van der Waals surface area contributed by atoms with Crippen LogP contribution >= 0.6 is 0 Å². The Hall–Kier alpha value is -1.78. The number of hydrogen-bond donors (Lipinski definition) is 1. The van der Waals surface area contributed by atoms with Gasteiger partial charge in [-0.05, 0) is 75.0 Å². The summed E-state index contributed by atoms with van der Waals surface area (Å²) in [6.45, 7) is 17.1. The lowest BCUT2D eigenvalue weighted by atomic mass is 9.75. The van der Waals surface area contributed by atoms with Crippen LogP contribution < -0.4 is 5.32 Å². The lowest BCUT2D eigenvalue weighted by Gasteiger charge is -2.37. The number of nitrogens with one attached hydrogen (secondary N) is 1. The van der Waals surface area contributed by atoms with E-state index in [9.17, 15) is 9.59 Å². The molecule has 34 heavy (non-hydrogen) atoms. The van der Waals surface area contributed by atoms with Crippen LogP contribution in [0.15, 0.2) is 22.5 Å². The Kier molecular flexibility index (Phi) is 8.92. The summed E-state index contributed by atoms with van der Waals surface area (Å²) < 4.78 is 12.2. The minimum atomic E-state index is -0.293. The molecule has 1 N–H and O–H groups in total. The van der Waals surface area contributed by atoms with Crippen molar-refractivity contribution in [2.24, 2.45) is 35.5 Å². The molecule has 2 saturated carbocycles. The fraction of sp³-hybridized carbons (Fsp3) is 0.793. The molecule has 5 heteroatoms. The fourth-order valence-corrected chi connectivity index (χ4v) is 6.24. The van der Waals surface area contributed by atoms with Gasteiger partial charge in [0.25, 0.3) is 0 Å². The topological polar surface area (TPSA) is 64.6 Å². The van der Waals surface area contributed by atoms with Gasteiger partial charge in [0.15, 0.2) is 0 Å². The van der Waals surface area contributed by atoms with Gasteiger partial charge in [-0.25, -0.2) is 9.59 Å². The first-order valence-corrected chi connectivity index (χ1v) is 13.6. The van der Waals surface area contributed by atoms with Gasteiger partial charge in [0.1, 0.15) is 12.2 Å². The van der Waals surface area contributed by atoms with Gasteiger partial charge in [0, 0.05) is 17.8 Å². The molecule has 0 saturated heterocycles. The molecular formula is C29H47NO4. The molecule has 2 fully saturated rings. The molecule has 0 bridgehead atoms. The predicted octanol–water partition coefficient (Wildman–Crippen LogP) is 6.54. The summed E-state index contributed by atoms with van der Waals surface area (Å²) in [6, 6.07) is 0. The summed E-state index contributed by atoms with van der Waals surface area (Å²) in [6.07, 6.45) is 6.55. The van der Waals surface area contributed by atoms with Crippen molar-refractivity contribution >= 4 is 11.9 Å². The first-order valence-electron chi connectivity index (χ1n) is 13.6. The molecular weight excluding hydrogens is 426 g/mol. The van der Waals surface area contributed by atoms with E-state index in [1.165, 1.54) is 12.8 Å². The number of rotatable bonds is 6. The highest BCUT2D eigenvalue weighted by atomic mass is 16.5. The minimum Gasteiger partial charge on any atom is -0.459 e. The van der Waals surface area contributed by atoms with Crippen LogP contribution in [0.2, 0.25) is 0 Å². The molecule has 3 rings (SSSR count). The largest absolute Gasteiger partial charge is 0.459 e. The van der Waals surface area contributed by atoms with Crippen LogP contribution in [0.4, 0.5) is 0 Å². The summed E-state index contributed by atoms with van der Waals surface area (Å²) in [5.74, 6) is 2.27. The quantitative estimate of drug-likeness (QED) is 0.444. The van der Waals surface area contributed by atoms with Crippen molar-refractivity contribution in [3.63, 3.8) is 0 Å². The maximum absolute atomic E-state index is 13.3. The van der Waals surface area contributed by atoms with Gasteiger partial charge in [0.2, 0.25) is 0 Å². The second-order valence-electron chi connectivity index (χ2n) is 12.0. The van der Waals surface area contributed by atoms with Crippen molar-refractivity contribution in [2.75, 3.05) is 0 Å². The van der Waals surface area contributed by atoms with E-state index in [1.54, 1.807) is 0 Å². The van der Waals surface area contributed by atoms with Crippen LogP contribution in [-0.4, -0.2) is 24.1 Å². The molecule has 0 amide bonds. The zero-order chi connectivity index (χ0) is 25.2. The molecule has 3 aliphatic rings. The van der Waals surface area contributed by atoms with Gasteiger partial charge < -0.3 is 14.8 Å². The molecule has 0 radical (unpaired) electrons. The van der Waals surface area contributed by atoms with Crippen LogP contribution in [0.5, 0.6) is 0 Å². The number of carbonyl (C=O) groups is 2. The first-order chi connectivity index (χ1) is 16.0. The Bertz CT molecular complexity index is 758. The number of esters is 2. The van der Waals surface area contributed by atoms with E-state index >= 15 is 0 Å². The lowest BCUT2D eigenvalue weighted by Crippen LogP contribution is -2.38. The third-order valence-corrected chi connectivity index (χ3v) is 8.57. The lowest BCUT2D eigenvalue weighted by molar-refractivity contribution is -0.151. The minimum absolute atomic E-state index is 0.0607. The van der Waals surface area contributed by atoms with Gasteiger partial charge in [-0.1, -0.05) is 54.4 Å². The second kappa shape index (κ2) is 11.3. The molecule has 2 aliphatic carbocycles. The van der Waals surface area contributed by atoms with Crippen molar-refractivity contribution < 1.29 is 19.1 Å². The SMILES string of the molecule is CC1=C(C(=O)O[C@@H]2C[C@H](C)CC[C@@H]2C(C)C)CC(C(=O)O[C@@H]2C[C@H](C)CC[C@H]2C(C)C)=C(C)N1. The van der Waals surface area contributed by atoms with Crippen LogP contribution in [0.1, 0.15) is 100 Å².